The number of nitrogens with zero attached hydrogens (tertiary/aromatic N) is 1. The Bertz CT molecular complexity index is 564. The van der Waals surface area contributed by atoms with Gasteiger partial charge in [0.2, 0.25) is 11.6 Å². The quantitative estimate of drug-likeness (QED) is 0.819. The summed E-state index contributed by atoms with van der Waals surface area (Å²) in [6, 6.07) is 10.2. The normalized spacial score (nSPS) is 10.4. The maximum Gasteiger partial charge on any atom is 0.362 e. The number of aromatic nitrogens is 1. The predicted molar refractivity (Wildman–Crippen MR) is 75.3 cm³/mol. The number of carbonyl (C=O) groups excluding carboxylic acids is 1. The Morgan fingerprint density at radius 1 is 1.30 bits per heavy atom. The Morgan fingerprint density at radius 3 is 2.75 bits per heavy atom. The second-order valence-electron chi connectivity index (χ2n) is 4.38. The van der Waals surface area contributed by atoms with Gasteiger partial charge in [0.25, 0.3) is 0 Å². The van der Waals surface area contributed by atoms with Crippen LogP contribution in [-0.2, 0) is 17.6 Å². The molecule has 0 fully saturated rings. The van der Waals surface area contributed by atoms with Gasteiger partial charge in [-0.05, 0) is 25.3 Å². The van der Waals surface area contributed by atoms with Crippen LogP contribution in [0.5, 0.6) is 0 Å². The Kier molecular flexibility index (Phi) is 4.76. The van der Waals surface area contributed by atoms with Gasteiger partial charge in [-0.15, -0.1) is 0 Å². The first kappa shape index (κ1) is 14.1. The average molecular weight is 274 g/mol. The number of anilines is 1. The number of aryl methyl sites for hydroxylation is 2. The molecule has 2 aromatic rings. The minimum Gasteiger partial charge on any atom is -0.461 e. The molecular formula is C15H18N2O3. The average Bonchev–Trinajstić information content (AvgIpc) is 2.81. The van der Waals surface area contributed by atoms with Crippen molar-refractivity contribution in [2.45, 2.75) is 26.2 Å². The molecule has 5 nitrogen and oxygen atoms in total. The van der Waals surface area contributed by atoms with Crippen LogP contribution < -0.4 is 5.73 Å². The summed E-state index contributed by atoms with van der Waals surface area (Å²) < 4.78 is 10.1. The smallest absolute Gasteiger partial charge is 0.362 e. The standard InChI is InChI=1S/C15H18N2O3/c1-2-19-15(18)13-14(16)20-12(17-13)10-6-9-11-7-4-3-5-8-11/h3-5,7-8H,2,6,9-10,16H2,1H3. The molecule has 0 aliphatic rings. The van der Waals surface area contributed by atoms with Gasteiger partial charge < -0.3 is 14.9 Å². The van der Waals surface area contributed by atoms with Gasteiger partial charge in [-0.25, -0.2) is 9.78 Å². The van der Waals surface area contributed by atoms with Crippen molar-refractivity contribution in [2.75, 3.05) is 12.3 Å². The molecule has 1 aromatic heterocycles. The first-order valence-electron chi connectivity index (χ1n) is 6.67. The predicted octanol–water partition coefficient (Wildman–Crippen LogP) is 2.61. The minimum absolute atomic E-state index is 0.0261. The molecule has 0 spiro atoms. The Labute approximate surface area is 117 Å². The number of nitrogens with two attached hydrogens (primary N) is 1. The summed E-state index contributed by atoms with van der Waals surface area (Å²) in [5.41, 5.74) is 6.96. The fraction of sp³-hybridized carbons (Fsp3) is 0.333. The molecule has 0 atom stereocenters. The lowest BCUT2D eigenvalue weighted by atomic mass is 10.1. The third-order valence-corrected chi connectivity index (χ3v) is 2.87. The van der Waals surface area contributed by atoms with E-state index >= 15 is 0 Å². The lowest BCUT2D eigenvalue weighted by Gasteiger charge is -1.98. The van der Waals surface area contributed by atoms with Gasteiger partial charge in [0.15, 0.2) is 5.89 Å². The lowest BCUT2D eigenvalue weighted by molar-refractivity contribution is 0.0521. The third kappa shape index (κ3) is 3.60. The van der Waals surface area contributed by atoms with E-state index in [2.05, 4.69) is 17.1 Å². The number of rotatable bonds is 6. The summed E-state index contributed by atoms with van der Waals surface area (Å²) >= 11 is 0. The molecule has 0 aliphatic heterocycles. The summed E-state index contributed by atoms with van der Waals surface area (Å²) in [7, 11) is 0. The molecule has 1 aromatic carbocycles. The monoisotopic (exact) mass is 274 g/mol. The van der Waals surface area contributed by atoms with Crippen LogP contribution in [0.2, 0.25) is 0 Å². The second kappa shape index (κ2) is 6.75. The fourth-order valence-corrected chi connectivity index (χ4v) is 1.92. The van der Waals surface area contributed by atoms with E-state index in [4.69, 9.17) is 14.9 Å². The van der Waals surface area contributed by atoms with Crippen molar-refractivity contribution in [2.24, 2.45) is 0 Å². The topological polar surface area (TPSA) is 78.3 Å². The number of esters is 1. The van der Waals surface area contributed by atoms with Crippen LogP contribution >= 0.6 is 0 Å². The SMILES string of the molecule is CCOC(=O)c1nc(CCCc2ccccc2)oc1N. The molecule has 1 heterocycles. The maximum absolute atomic E-state index is 11.5. The van der Waals surface area contributed by atoms with Gasteiger partial charge in [0, 0.05) is 6.42 Å². The first-order chi connectivity index (χ1) is 9.70. The summed E-state index contributed by atoms with van der Waals surface area (Å²) in [4.78, 5) is 15.6. The number of nitrogen functional groups attached to an aromatic ring is 1. The van der Waals surface area contributed by atoms with Crippen LogP contribution in [0.4, 0.5) is 5.88 Å². The zero-order valence-electron chi connectivity index (χ0n) is 11.5. The molecule has 0 aliphatic carbocycles. The summed E-state index contributed by atoms with van der Waals surface area (Å²) in [6.45, 7) is 2.02. The van der Waals surface area contributed by atoms with E-state index in [0.29, 0.717) is 12.3 Å². The van der Waals surface area contributed by atoms with E-state index in [0.717, 1.165) is 12.8 Å². The maximum atomic E-state index is 11.5. The molecule has 0 bridgehead atoms. The van der Waals surface area contributed by atoms with Gasteiger partial charge in [-0.3, -0.25) is 0 Å². The Balaban J connectivity index is 1.91. The molecule has 2 rings (SSSR count). The molecule has 0 radical (unpaired) electrons. The highest BCUT2D eigenvalue weighted by Gasteiger charge is 2.18. The number of carbonyl (C=O) groups is 1. The van der Waals surface area contributed by atoms with Crippen molar-refractivity contribution in [3.05, 3.63) is 47.5 Å². The van der Waals surface area contributed by atoms with E-state index in [-0.39, 0.29) is 18.2 Å². The summed E-state index contributed by atoms with van der Waals surface area (Å²) in [6.07, 6.45) is 2.45. The van der Waals surface area contributed by atoms with Gasteiger partial charge >= 0.3 is 5.97 Å². The van der Waals surface area contributed by atoms with E-state index in [1.54, 1.807) is 6.92 Å². The number of oxazole rings is 1. The van der Waals surface area contributed by atoms with Gasteiger partial charge in [0.05, 0.1) is 6.61 Å². The fourth-order valence-electron chi connectivity index (χ4n) is 1.92. The zero-order valence-corrected chi connectivity index (χ0v) is 11.5. The van der Waals surface area contributed by atoms with Crippen molar-refractivity contribution in [3.8, 4) is 0 Å². The number of benzene rings is 1. The summed E-state index contributed by atoms with van der Waals surface area (Å²) in [5, 5.41) is 0. The summed E-state index contributed by atoms with van der Waals surface area (Å²) in [5.74, 6) is -0.0392. The number of ether oxygens (including phenoxy) is 1. The molecule has 20 heavy (non-hydrogen) atoms. The molecule has 2 N–H and O–H groups in total. The second-order valence-corrected chi connectivity index (χ2v) is 4.38. The van der Waals surface area contributed by atoms with Crippen LogP contribution in [0.25, 0.3) is 0 Å². The highest BCUT2D eigenvalue weighted by molar-refractivity contribution is 5.91. The molecule has 5 heteroatoms. The molecular weight excluding hydrogens is 256 g/mol. The van der Waals surface area contributed by atoms with Crippen LogP contribution in [-0.4, -0.2) is 17.6 Å². The first-order valence-corrected chi connectivity index (χ1v) is 6.67. The van der Waals surface area contributed by atoms with E-state index in [9.17, 15) is 4.79 Å². The van der Waals surface area contributed by atoms with Crippen LogP contribution in [0.1, 0.15) is 35.3 Å². The van der Waals surface area contributed by atoms with Crippen molar-refractivity contribution in [1.29, 1.82) is 0 Å². The van der Waals surface area contributed by atoms with Crippen LogP contribution in [0, 0.1) is 0 Å². The van der Waals surface area contributed by atoms with Gasteiger partial charge in [0.1, 0.15) is 0 Å². The largest absolute Gasteiger partial charge is 0.461 e. The van der Waals surface area contributed by atoms with E-state index < -0.39 is 5.97 Å². The van der Waals surface area contributed by atoms with E-state index in [1.165, 1.54) is 5.56 Å². The van der Waals surface area contributed by atoms with Crippen molar-refractivity contribution >= 4 is 11.9 Å². The van der Waals surface area contributed by atoms with Crippen LogP contribution in [0.15, 0.2) is 34.7 Å². The zero-order chi connectivity index (χ0) is 14.4. The van der Waals surface area contributed by atoms with Crippen LogP contribution in [0.3, 0.4) is 0 Å². The highest BCUT2D eigenvalue weighted by atomic mass is 16.5. The van der Waals surface area contributed by atoms with Crippen molar-refractivity contribution in [1.82, 2.24) is 4.98 Å². The number of hydrogen-bond acceptors (Lipinski definition) is 5. The minimum atomic E-state index is -0.539. The Hall–Kier alpha value is -2.30. The third-order valence-electron chi connectivity index (χ3n) is 2.87. The molecule has 106 valence electrons. The van der Waals surface area contributed by atoms with Crippen molar-refractivity contribution in [3.63, 3.8) is 0 Å². The Morgan fingerprint density at radius 2 is 2.05 bits per heavy atom. The molecule has 0 unspecified atom stereocenters. The molecule has 0 saturated heterocycles. The van der Waals surface area contributed by atoms with Gasteiger partial charge in [-0.1, -0.05) is 30.3 Å². The van der Waals surface area contributed by atoms with Crippen molar-refractivity contribution < 1.29 is 13.9 Å². The molecule has 0 saturated carbocycles. The number of hydrogen-bond donors (Lipinski definition) is 1. The highest BCUT2D eigenvalue weighted by Crippen LogP contribution is 2.16. The molecule has 0 amide bonds. The van der Waals surface area contributed by atoms with E-state index in [1.807, 2.05) is 18.2 Å². The van der Waals surface area contributed by atoms with Gasteiger partial charge in [-0.2, -0.15) is 0 Å². The lowest BCUT2D eigenvalue weighted by Crippen LogP contribution is -2.07.